The first-order chi connectivity index (χ1) is 9.04. The Balaban J connectivity index is 2.34. The van der Waals surface area contributed by atoms with Gasteiger partial charge in [-0.25, -0.2) is 8.42 Å². The molecule has 0 saturated heterocycles. The van der Waals surface area contributed by atoms with E-state index < -0.39 is 10.0 Å². The molecule has 0 saturated carbocycles. The molecule has 0 atom stereocenters. The van der Waals surface area contributed by atoms with E-state index in [1.165, 1.54) is 11.3 Å². The third-order valence-corrected chi connectivity index (χ3v) is 7.25. The Labute approximate surface area is 129 Å². The Morgan fingerprint density at radius 1 is 1.32 bits per heavy atom. The predicted octanol–water partition coefficient (Wildman–Crippen LogP) is 4.42. The fourth-order valence-corrected chi connectivity index (χ4v) is 5.74. The topological polar surface area (TPSA) is 46.2 Å². The van der Waals surface area contributed by atoms with Crippen LogP contribution in [-0.4, -0.2) is 14.2 Å². The Bertz CT molecular complexity index is 667. The first kappa shape index (κ1) is 14.9. The van der Waals surface area contributed by atoms with Crippen molar-refractivity contribution in [3.8, 4) is 0 Å². The second kappa shape index (κ2) is 6.30. The molecule has 0 fully saturated rings. The molecule has 7 heteroatoms. The highest BCUT2D eigenvalue weighted by Crippen LogP contribution is 2.32. The molecular formula is C12H12BrNO2S3. The van der Waals surface area contributed by atoms with Crippen molar-refractivity contribution in [2.75, 3.05) is 10.5 Å². The van der Waals surface area contributed by atoms with Gasteiger partial charge in [-0.3, -0.25) is 4.72 Å². The molecule has 2 aromatic rings. The molecule has 0 amide bonds. The van der Waals surface area contributed by atoms with Gasteiger partial charge in [0.15, 0.2) is 4.21 Å². The van der Waals surface area contributed by atoms with E-state index in [1.807, 2.05) is 25.1 Å². The van der Waals surface area contributed by atoms with Crippen LogP contribution in [0.5, 0.6) is 0 Å². The highest BCUT2D eigenvalue weighted by Gasteiger charge is 2.20. The Hall–Kier alpha value is -0.500. The minimum Gasteiger partial charge on any atom is -0.278 e. The van der Waals surface area contributed by atoms with Gasteiger partial charge in [0, 0.05) is 9.37 Å². The minimum absolute atomic E-state index is 0.295. The number of thiophene rings is 1. The molecule has 3 nitrogen and oxygen atoms in total. The maximum Gasteiger partial charge on any atom is 0.272 e. The van der Waals surface area contributed by atoms with Crippen LogP contribution in [0.2, 0.25) is 0 Å². The maximum atomic E-state index is 12.3. The average Bonchev–Trinajstić information content (AvgIpc) is 2.79. The lowest BCUT2D eigenvalue weighted by molar-refractivity contribution is 0.602. The summed E-state index contributed by atoms with van der Waals surface area (Å²) in [6.45, 7) is 2.03. The van der Waals surface area contributed by atoms with Crippen LogP contribution >= 0.6 is 39.0 Å². The summed E-state index contributed by atoms with van der Waals surface area (Å²) in [5, 5.41) is 1.74. The summed E-state index contributed by atoms with van der Waals surface area (Å²) in [5.41, 5.74) is 0.620. The summed E-state index contributed by atoms with van der Waals surface area (Å²) >= 11 is 6.05. The van der Waals surface area contributed by atoms with Crippen molar-refractivity contribution in [2.45, 2.75) is 16.0 Å². The second-order valence-electron chi connectivity index (χ2n) is 3.59. The van der Waals surface area contributed by atoms with E-state index in [0.717, 1.165) is 10.6 Å². The van der Waals surface area contributed by atoms with Crippen LogP contribution in [0.3, 0.4) is 0 Å². The number of hydrogen-bond acceptors (Lipinski definition) is 4. The van der Waals surface area contributed by atoms with Gasteiger partial charge in [0.05, 0.1) is 5.69 Å². The van der Waals surface area contributed by atoms with E-state index in [0.29, 0.717) is 14.4 Å². The standard InChI is InChI=1S/C12H12BrNO2S3/c1-2-17-11-6-4-3-5-10(11)14-19(15,16)12-9(13)7-8-18-12/h3-8,14H,2H2,1H3. The van der Waals surface area contributed by atoms with E-state index in [2.05, 4.69) is 20.7 Å². The molecule has 0 aliphatic carbocycles. The van der Waals surface area contributed by atoms with Crippen molar-refractivity contribution in [1.82, 2.24) is 0 Å². The van der Waals surface area contributed by atoms with E-state index in [9.17, 15) is 8.42 Å². The third-order valence-electron chi connectivity index (χ3n) is 2.26. The first-order valence-corrected chi connectivity index (χ1v) is 9.66. The lowest BCUT2D eigenvalue weighted by atomic mass is 10.3. The van der Waals surface area contributed by atoms with Gasteiger partial charge in [0.1, 0.15) is 0 Å². The molecule has 0 unspecified atom stereocenters. The van der Waals surface area contributed by atoms with Gasteiger partial charge in [0.25, 0.3) is 10.0 Å². The quantitative estimate of drug-likeness (QED) is 0.784. The molecule has 1 N–H and O–H groups in total. The van der Waals surface area contributed by atoms with Gasteiger partial charge in [-0.1, -0.05) is 19.1 Å². The molecule has 2 rings (SSSR count). The molecule has 19 heavy (non-hydrogen) atoms. The van der Waals surface area contributed by atoms with Crippen LogP contribution in [0, 0.1) is 0 Å². The van der Waals surface area contributed by atoms with E-state index in [-0.39, 0.29) is 0 Å². The third kappa shape index (κ3) is 3.53. The lowest BCUT2D eigenvalue weighted by Crippen LogP contribution is -2.12. The Kier molecular flexibility index (Phi) is 4.94. The summed E-state index contributed by atoms with van der Waals surface area (Å²) in [4.78, 5) is 0.932. The zero-order chi connectivity index (χ0) is 13.9. The predicted molar refractivity (Wildman–Crippen MR) is 85.7 cm³/mol. The fraction of sp³-hybridized carbons (Fsp3) is 0.167. The molecule has 1 heterocycles. The number of para-hydroxylation sites is 1. The number of hydrogen-bond donors (Lipinski definition) is 1. The van der Waals surface area contributed by atoms with Gasteiger partial charge < -0.3 is 0 Å². The highest BCUT2D eigenvalue weighted by molar-refractivity contribution is 9.10. The van der Waals surface area contributed by atoms with Crippen molar-refractivity contribution >= 4 is 54.7 Å². The number of sulfonamides is 1. The smallest absolute Gasteiger partial charge is 0.272 e. The summed E-state index contributed by atoms with van der Waals surface area (Å²) < 4.78 is 28.1. The SMILES string of the molecule is CCSc1ccccc1NS(=O)(=O)c1sccc1Br. The maximum absolute atomic E-state index is 12.3. The molecular weight excluding hydrogens is 366 g/mol. The zero-order valence-corrected chi connectivity index (χ0v) is 14.1. The van der Waals surface area contributed by atoms with Crippen molar-refractivity contribution in [1.29, 1.82) is 0 Å². The lowest BCUT2D eigenvalue weighted by Gasteiger charge is -2.11. The summed E-state index contributed by atoms with van der Waals surface area (Å²) in [6.07, 6.45) is 0. The molecule has 1 aromatic carbocycles. The van der Waals surface area contributed by atoms with Gasteiger partial charge >= 0.3 is 0 Å². The molecule has 0 radical (unpaired) electrons. The first-order valence-electron chi connectivity index (χ1n) is 5.52. The zero-order valence-electron chi connectivity index (χ0n) is 10.1. The average molecular weight is 378 g/mol. The molecule has 0 aliphatic heterocycles. The van der Waals surface area contributed by atoms with E-state index in [4.69, 9.17) is 0 Å². The van der Waals surface area contributed by atoms with Crippen LogP contribution in [0.25, 0.3) is 0 Å². The number of rotatable bonds is 5. The van der Waals surface area contributed by atoms with E-state index >= 15 is 0 Å². The van der Waals surface area contributed by atoms with E-state index in [1.54, 1.807) is 29.3 Å². The van der Waals surface area contributed by atoms with Gasteiger partial charge in [-0.15, -0.1) is 23.1 Å². The largest absolute Gasteiger partial charge is 0.278 e. The molecule has 102 valence electrons. The van der Waals surface area contributed by atoms with Gasteiger partial charge in [-0.2, -0.15) is 0 Å². The molecule has 0 bridgehead atoms. The van der Waals surface area contributed by atoms with Crippen molar-refractivity contribution < 1.29 is 8.42 Å². The summed E-state index contributed by atoms with van der Waals surface area (Å²) in [5.74, 6) is 0.890. The van der Waals surface area contributed by atoms with Crippen LogP contribution < -0.4 is 4.72 Å². The van der Waals surface area contributed by atoms with Crippen molar-refractivity contribution in [3.05, 3.63) is 40.2 Å². The van der Waals surface area contributed by atoms with Crippen molar-refractivity contribution in [2.24, 2.45) is 0 Å². The number of benzene rings is 1. The number of thioether (sulfide) groups is 1. The van der Waals surface area contributed by atoms with Crippen LogP contribution in [0.1, 0.15) is 6.92 Å². The normalized spacial score (nSPS) is 11.5. The summed E-state index contributed by atoms with van der Waals surface area (Å²) in [6, 6.07) is 9.14. The molecule has 0 spiro atoms. The number of nitrogens with one attached hydrogen (secondary N) is 1. The summed E-state index contributed by atoms with van der Waals surface area (Å²) in [7, 11) is -3.53. The van der Waals surface area contributed by atoms with Crippen LogP contribution in [0.4, 0.5) is 5.69 Å². The highest BCUT2D eigenvalue weighted by atomic mass is 79.9. The minimum atomic E-state index is -3.53. The second-order valence-corrected chi connectivity index (χ2v) is 8.54. The van der Waals surface area contributed by atoms with Crippen molar-refractivity contribution in [3.63, 3.8) is 0 Å². The molecule has 1 aromatic heterocycles. The fourth-order valence-electron chi connectivity index (χ4n) is 1.50. The van der Waals surface area contributed by atoms with Crippen LogP contribution in [0.15, 0.2) is 49.3 Å². The van der Waals surface area contributed by atoms with Gasteiger partial charge in [-0.05, 0) is 45.3 Å². The Morgan fingerprint density at radius 3 is 2.68 bits per heavy atom. The number of anilines is 1. The van der Waals surface area contributed by atoms with Crippen LogP contribution in [-0.2, 0) is 10.0 Å². The van der Waals surface area contributed by atoms with Gasteiger partial charge in [0.2, 0.25) is 0 Å². The Morgan fingerprint density at radius 2 is 2.05 bits per heavy atom. The monoisotopic (exact) mass is 377 g/mol. The molecule has 0 aliphatic rings. The number of halogens is 1.